The van der Waals surface area contributed by atoms with Gasteiger partial charge < -0.3 is 23.7 Å². The van der Waals surface area contributed by atoms with E-state index in [0.717, 1.165) is 5.39 Å². The number of hydrogen-bond donors (Lipinski definition) is 1. The zero-order chi connectivity index (χ0) is 18.3. The van der Waals surface area contributed by atoms with Crippen molar-refractivity contribution in [2.24, 2.45) is 0 Å². The fourth-order valence-corrected chi connectivity index (χ4v) is 3.14. The third-order valence-corrected chi connectivity index (χ3v) is 4.72. The van der Waals surface area contributed by atoms with E-state index in [1.807, 2.05) is 13.0 Å². The number of epoxide rings is 1. The molecule has 0 bridgehead atoms. The molecule has 1 aromatic heterocycles. The molecule has 0 aliphatic carbocycles. The third kappa shape index (κ3) is 3.23. The maximum atomic E-state index is 11.5. The van der Waals surface area contributed by atoms with Crippen LogP contribution in [0.15, 0.2) is 51.2 Å². The number of aliphatic hydroxyl groups is 1. The van der Waals surface area contributed by atoms with Gasteiger partial charge in [-0.05, 0) is 31.2 Å². The normalized spacial score (nSPS) is 27.3. The Hall–Kier alpha value is -2.64. The lowest BCUT2D eigenvalue weighted by Gasteiger charge is -2.12. The zero-order valence-corrected chi connectivity index (χ0v) is 14.1. The predicted molar refractivity (Wildman–Crippen MR) is 90.9 cm³/mol. The first kappa shape index (κ1) is 16.8. The fraction of sp³-hybridized carbons (Fsp3) is 0.368. The van der Waals surface area contributed by atoms with E-state index in [4.69, 9.17) is 23.7 Å². The molecule has 3 heterocycles. The lowest BCUT2D eigenvalue weighted by atomic mass is 9.99. The van der Waals surface area contributed by atoms with Gasteiger partial charge in [-0.15, -0.1) is 0 Å². The second-order valence-electron chi connectivity index (χ2n) is 6.68. The number of ether oxygens (including phenoxy) is 3. The minimum absolute atomic E-state index is 0.133. The maximum Gasteiger partial charge on any atom is 0.336 e. The summed E-state index contributed by atoms with van der Waals surface area (Å²) in [7, 11) is 0. The molecule has 4 rings (SSSR count). The highest BCUT2D eigenvalue weighted by Gasteiger charge is 2.54. The number of cyclic esters (lactones) is 1. The van der Waals surface area contributed by atoms with Crippen molar-refractivity contribution in [3.63, 3.8) is 0 Å². The molecule has 1 aromatic carbocycles. The largest absolute Gasteiger partial charge is 0.491 e. The topological polar surface area (TPSA) is 98.5 Å². The number of benzene rings is 1. The van der Waals surface area contributed by atoms with Gasteiger partial charge in [0.2, 0.25) is 0 Å². The number of rotatable bonds is 6. The molecule has 0 saturated carbocycles. The first-order valence-electron chi connectivity index (χ1n) is 8.34. The smallest absolute Gasteiger partial charge is 0.336 e. The number of carbonyl (C=O) groups excluding carboxylic acids is 1. The molecular formula is C19H18O7. The highest BCUT2D eigenvalue weighted by molar-refractivity contribution is 5.91. The van der Waals surface area contributed by atoms with Crippen molar-refractivity contribution in [3.05, 3.63) is 52.4 Å². The Morgan fingerprint density at radius 3 is 2.81 bits per heavy atom. The molecule has 2 aromatic rings. The molecule has 7 heteroatoms. The van der Waals surface area contributed by atoms with Crippen LogP contribution in [0.3, 0.4) is 0 Å². The van der Waals surface area contributed by atoms with Crippen molar-refractivity contribution in [2.45, 2.75) is 31.2 Å². The Balaban J connectivity index is 1.35. The molecule has 0 radical (unpaired) electrons. The summed E-state index contributed by atoms with van der Waals surface area (Å²) in [5.74, 6) is 0.103. The summed E-state index contributed by atoms with van der Waals surface area (Å²) in [5.41, 5.74) is -0.108. The van der Waals surface area contributed by atoms with Gasteiger partial charge in [0.05, 0.1) is 17.8 Å². The minimum Gasteiger partial charge on any atom is -0.491 e. The molecule has 1 saturated heterocycles. The monoisotopic (exact) mass is 358 g/mol. The van der Waals surface area contributed by atoms with Crippen molar-refractivity contribution in [1.29, 1.82) is 0 Å². The van der Waals surface area contributed by atoms with E-state index in [-0.39, 0.29) is 18.3 Å². The van der Waals surface area contributed by atoms with E-state index in [1.165, 1.54) is 6.07 Å². The van der Waals surface area contributed by atoms with Gasteiger partial charge in [-0.1, -0.05) is 0 Å². The van der Waals surface area contributed by atoms with Crippen LogP contribution in [0.25, 0.3) is 11.0 Å². The lowest BCUT2D eigenvalue weighted by Crippen LogP contribution is -2.22. The average molecular weight is 358 g/mol. The number of esters is 1. The summed E-state index contributed by atoms with van der Waals surface area (Å²) in [6.45, 7) is 1.94. The van der Waals surface area contributed by atoms with Crippen LogP contribution in [0.4, 0.5) is 0 Å². The van der Waals surface area contributed by atoms with Gasteiger partial charge in [-0.25, -0.2) is 9.59 Å². The minimum atomic E-state index is -0.479. The summed E-state index contributed by atoms with van der Waals surface area (Å²) in [6.07, 6.45) is 1.61. The van der Waals surface area contributed by atoms with E-state index >= 15 is 0 Å². The molecular weight excluding hydrogens is 340 g/mol. The molecule has 26 heavy (non-hydrogen) atoms. The van der Waals surface area contributed by atoms with Crippen LogP contribution < -0.4 is 10.4 Å². The number of aliphatic hydroxyl groups excluding tert-OH is 1. The van der Waals surface area contributed by atoms with E-state index < -0.39 is 23.3 Å². The molecule has 1 fully saturated rings. The van der Waals surface area contributed by atoms with Gasteiger partial charge in [0, 0.05) is 23.9 Å². The van der Waals surface area contributed by atoms with Gasteiger partial charge in [-0.3, -0.25) is 0 Å². The number of hydrogen-bond acceptors (Lipinski definition) is 7. The molecule has 3 atom stereocenters. The number of carbonyl (C=O) groups is 1. The molecule has 7 nitrogen and oxygen atoms in total. The van der Waals surface area contributed by atoms with Crippen LogP contribution in [-0.2, 0) is 14.3 Å². The van der Waals surface area contributed by atoms with Crippen molar-refractivity contribution in [1.82, 2.24) is 0 Å². The van der Waals surface area contributed by atoms with Gasteiger partial charge in [-0.2, -0.15) is 0 Å². The Labute approximate surface area is 148 Å². The zero-order valence-electron chi connectivity index (χ0n) is 14.1. The summed E-state index contributed by atoms with van der Waals surface area (Å²) in [5, 5.41) is 9.89. The first-order chi connectivity index (χ1) is 12.5. The van der Waals surface area contributed by atoms with E-state index in [2.05, 4.69) is 0 Å². The average Bonchev–Trinajstić information content (AvgIpc) is 3.11. The number of fused-ring (bicyclic) bond motifs is 1. The van der Waals surface area contributed by atoms with E-state index in [0.29, 0.717) is 24.4 Å². The highest BCUT2D eigenvalue weighted by atomic mass is 16.6. The summed E-state index contributed by atoms with van der Waals surface area (Å²) in [4.78, 5) is 22.8. The Kier molecular flexibility index (Phi) is 4.05. The second-order valence-corrected chi connectivity index (χ2v) is 6.68. The van der Waals surface area contributed by atoms with Gasteiger partial charge in [0.1, 0.15) is 30.1 Å². The molecule has 0 unspecified atom stereocenters. The lowest BCUT2D eigenvalue weighted by molar-refractivity contribution is -0.140. The fourth-order valence-electron chi connectivity index (χ4n) is 3.14. The molecule has 0 amide bonds. The summed E-state index contributed by atoms with van der Waals surface area (Å²) < 4.78 is 21.8. The van der Waals surface area contributed by atoms with Crippen LogP contribution in [0.5, 0.6) is 5.75 Å². The Morgan fingerprint density at radius 2 is 2.04 bits per heavy atom. The van der Waals surface area contributed by atoms with Crippen molar-refractivity contribution < 1.29 is 28.5 Å². The first-order valence-corrected chi connectivity index (χ1v) is 8.34. The van der Waals surface area contributed by atoms with Gasteiger partial charge >= 0.3 is 11.6 Å². The van der Waals surface area contributed by atoms with E-state index in [1.54, 1.807) is 24.3 Å². The Bertz CT molecular complexity index is 944. The SMILES string of the molecule is C[C@]1(C[C@H]2C=C(CO)C(=O)O2)O[C@@H]1COc1ccc2ccc(=O)oc2c1. The van der Waals surface area contributed by atoms with Crippen molar-refractivity contribution in [3.8, 4) is 5.75 Å². The molecule has 0 spiro atoms. The second kappa shape index (κ2) is 6.26. The van der Waals surface area contributed by atoms with Crippen LogP contribution in [0.2, 0.25) is 0 Å². The predicted octanol–water partition coefficient (Wildman–Crippen LogP) is 1.56. The molecule has 1 N–H and O–H groups in total. The van der Waals surface area contributed by atoms with Crippen LogP contribution in [-0.4, -0.2) is 42.1 Å². The standard InChI is InChI=1S/C19H18O7/c1-19(8-14-6-12(9-20)18(22)24-14)16(26-19)10-23-13-4-2-11-3-5-17(21)25-15(11)7-13/h2-7,14,16,20H,8-10H2,1H3/t14-,16-,19-/m1/s1. The third-order valence-electron chi connectivity index (χ3n) is 4.72. The maximum absolute atomic E-state index is 11.5. The molecule has 2 aliphatic rings. The summed E-state index contributed by atoms with van der Waals surface area (Å²) in [6, 6.07) is 8.37. The van der Waals surface area contributed by atoms with Crippen molar-refractivity contribution >= 4 is 16.9 Å². The quantitative estimate of drug-likeness (QED) is 0.475. The van der Waals surface area contributed by atoms with Crippen LogP contribution in [0.1, 0.15) is 13.3 Å². The Morgan fingerprint density at radius 1 is 1.23 bits per heavy atom. The van der Waals surface area contributed by atoms with Crippen LogP contribution >= 0.6 is 0 Å². The van der Waals surface area contributed by atoms with E-state index in [9.17, 15) is 9.59 Å². The van der Waals surface area contributed by atoms with Gasteiger partial charge in [0.15, 0.2) is 0 Å². The highest BCUT2D eigenvalue weighted by Crippen LogP contribution is 2.42. The van der Waals surface area contributed by atoms with Crippen LogP contribution in [0, 0.1) is 0 Å². The summed E-state index contributed by atoms with van der Waals surface area (Å²) >= 11 is 0. The van der Waals surface area contributed by atoms with Crippen molar-refractivity contribution in [2.75, 3.05) is 13.2 Å². The molecule has 2 aliphatic heterocycles. The van der Waals surface area contributed by atoms with Gasteiger partial charge in [0.25, 0.3) is 0 Å². The molecule has 136 valence electrons.